The number of benzene rings is 3. The van der Waals surface area contributed by atoms with Crippen LogP contribution in [0.15, 0.2) is 60.7 Å². The monoisotopic (exact) mass is 832 g/mol. The Morgan fingerprint density at radius 3 is 2.42 bits per heavy atom. The second-order valence-electron chi connectivity index (χ2n) is 15.9. The molecular formula is C42H47F3N8O5S. The molecule has 0 aliphatic carbocycles. The van der Waals surface area contributed by atoms with Crippen molar-refractivity contribution in [2.24, 2.45) is 0 Å². The topological polar surface area (TPSA) is 150 Å². The van der Waals surface area contributed by atoms with Crippen LogP contribution < -0.4 is 30.5 Å². The van der Waals surface area contributed by atoms with E-state index in [1.54, 1.807) is 55.1 Å². The molecule has 3 N–H and O–H groups in total. The average molecular weight is 833 g/mol. The summed E-state index contributed by atoms with van der Waals surface area (Å²) >= 11 is 5.72. The summed E-state index contributed by atoms with van der Waals surface area (Å²) in [5.41, 5.74) is -0.618. The standard InChI is InChI=1S/C42H47F3N8O5S/c1-6-26-20-31(53-39(59)52(38(57)41(53,4)5)30-11-10-27(23-46)32(22-30)42(43,44)45)12-14-34(26)58-19-18-50-16-17-51(40(2,3)25-50)24-36(55)48-29-9-7-8-28(21-29)47-33-13-15-35(54)49-37(33)56/h7-12,14,20-22,33,47H,6,13,15-19,24-25H2,1-5H3,(H,48,55)(H,49,54,56). The number of nitrogens with zero attached hydrogens (tertiary/aromatic N) is 5. The number of nitrogens with one attached hydrogen (secondary N) is 3. The fourth-order valence-corrected chi connectivity index (χ4v) is 8.26. The summed E-state index contributed by atoms with van der Waals surface area (Å²) in [5.74, 6) is -0.663. The second-order valence-corrected chi connectivity index (χ2v) is 16.3. The average Bonchev–Trinajstić information content (AvgIpc) is 3.35. The van der Waals surface area contributed by atoms with E-state index in [-0.39, 0.29) is 47.0 Å². The van der Waals surface area contributed by atoms with Crippen molar-refractivity contribution in [3.05, 3.63) is 77.4 Å². The Kier molecular flexibility index (Phi) is 12.4. The Morgan fingerprint density at radius 1 is 1.02 bits per heavy atom. The van der Waals surface area contributed by atoms with Gasteiger partial charge in [-0.1, -0.05) is 13.0 Å². The van der Waals surface area contributed by atoms with E-state index in [0.29, 0.717) is 61.9 Å². The van der Waals surface area contributed by atoms with Crippen LogP contribution in [-0.2, 0) is 31.8 Å². The first-order valence-corrected chi connectivity index (χ1v) is 19.8. The summed E-state index contributed by atoms with van der Waals surface area (Å²) in [6.07, 6.45) is -3.55. The van der Waals surface area contributed by atoms with E-state index in [2.05, 4.69) is 39.6 Å². The normalized spacial score (nSPS) is 19.7. The summed E-state index contributed by atoms with van der Waals surface area (Å²) in [4.78, 5) is 57.7. The summed E-state index contributed by atoms with van der Waals surface area (Å²) in [7, 11) is 0. The van der Waals surface area contributed by atoms with E-state index in [4.69, 9.17) is 17.0 Å². The van der Waals surface area contributed by atoms with Crippen LogP contribution in [0.25, 0.3) is 0 Å². The van der Waals surface area contributed by atoms with Gasteiger partial charge in [-0.25, -0.2) is 0 Å². The summed E-state index contributed by atoms with van der Waals surface area (Å²) < 4.78 is 47.6. The van der Waals surface area contributed by atoms with Crippen LogP contribution in [0, 0.1) is 11.3 Å². The van der Waals surface area contributed by atoms with Gasteiger partial charge in [0.15, 0.2) is 5.11 Å². The maximum Gasteiger partial charge on any atom is 0.417 e. The highest BCUT2D eigenvalue weighted by atomic mass is 32.1. The Hall–Kier alpha value is -5.57. The molecule has 59 heavy (non-hydrogen) atoms. The van der Waals surface area contributed by atoms with Gasteiger partial charge in [-0.3, -0.25) is 39.2 Å². The molecule has 0 radical (unpaired) electrons. The largest absolute Gasteiger partial charge is 0.492 e. The van der Waals surface area contributed by atoms with Gasteiger partial charge < -0.3 is 20.3 Å². The molecule has 0 saturated carbocycles. The molecule has 4 amide bonds. The van der Waals surface area contributed by atoms with Gasteiger partial charge in [0.25, 0.3) is 5.91 Å². The fourth-order valence-electron chi connectivity index (χ4n) is 7.73. The van der Waals surface area contributed by atoms with Crippen LogP contribution in [0.3, 0.4) is 0 Å². The van der Waals surface area contributed by atoms with Gasteiger partial charge in [0.2, 0.25) is 17.7 Å². The molecule has 3 aromatic carbocycles. The number of hydrogen-bond acceptors (Lipinski definition) is 10. The Balaban J connectivity index is 1.03. The number of alkyl halides is 3. The smallest absolute Gasteiger partial charge is 0.417 e. The van der Waals surface area contributed by atoms with Crippen LogP contribution in [0.2, 0.25) is 0 Å². The van der Waals surface area contributed by atoms with Crippen molar-refractivity contribution in [2.45, 2.75) is 77.2 Å². The molecule has 3 heterocycles. The van der Waals surface area contributed by atoms with Crippen molar-refractivity contribution in [2.75, 3.05) is 59.8 Å². The van der Waals surface area contributed by atoms with Gasteiger partial charge in [-0.15, -0.1) is 0 Å². The number of piperidine rings is 1. The molecular weight excluding hydrogens is 786 g/mol. The van der Waals surface area contributed by atoms with Crippen molar-refractivity contribution >= 4 is 63.7 Å². The number of aryl methyl sites for hydroxylation is 1. The van der Waals surface area contributed by atoms with Crippen LogP contribution in [0.5, 0.6) is 5.75 Å². The lowest BCUT2D eigenvalue weighted by molar-refractivity contribution is -0.138. The first-order valence-electron chi connectivity index (χ1n) is 19.4. The Labute approximate surface area is 346 Å². The van der Waals surface area contributed by atoms with E-state index < -0.39 is 34.8 Å². The highest BCUT2D eigenvalue weighted by molar-refractivity contribution is 7.81. The highest BCUT2D eigenvalue weighted by Crippen LogP contribution is 2.40. The maximum absolute atomic E-state index is 13.8. The van der Waals surface area contributed by atoms with Crippen molar-refractivity contribution in [1.29, 1.82) is 5.26 Å². The zero-order valence-corrected chi connectivity index (χ0v) is 34.4. The van der Waals surface area contributed by atoms with Gasteiger partial charge >= 0.3 is 6.18 Å². The summed E-state index contributed by atoms with van der Waals surface area (Å²) in [5, 5.41) is 17.7. The molecule has 13 nitrogen and oxygen atoms in total. The van der Waals surface area contributed by atoms with Crippen molar-refractivity contribution in [3.8, 4) is 11.8 Å². The molecule has 0 bridgehead atoms. The lowest BCUT2D eigenvalue weighted by atomic mass is 9.98. The predicted octanol–water partition coefficient (Wildman–Crippen LogP) is 5.69. The molecule has 3 aliphatic rings. The molecule has 312 valence electrons. The SMILES string of the molecule is CCc1cc(N2C(=S)N(c3ccc(C#N)c(C(F)(F)F)c3)C(=O)C2(C)C)ccc1OCCN1CCN(CC(=O)Nc2cccc(NC3CCC(=O)NC3=O)c2)C(C)(C)C1. The van der Waals surface area contributed by atoms with E-state index in [1.165, 1.54) is 6.07 Å². The number of rotatable bonds is 12. The highest BCUT2D eigenvalue weighted by Gasteiger charge is 2.51. The van der Waals surface area contributed by atoms with Crippen molar-refractivity contribution in [3.63, 3.8) is 0 Å². The maximum atomic E-state index is 13.8. The number of ether oxygens (including phenoxy) is 1. The van der Waals surface area contributed by atoms with E-state index in [0.717, 1.165) is 29.1 Å². The molecule has 0 aromatic heterocycles. The van der Waals surface area contributed by atoms with Crippen LogP contribution in [0.1, 0.15) is 64.2 Å². The van der Waals surface area contributed by atoms with E-state index in [9.17, 15) is 37.6 Å². The third kappa shape index (κ3) is 9.35. The third-order valence-electron chi connectivity index (χ3n) is 10.9. The molecule has 1 atom stereocenters. The number of hydrogen-bond donors (Lipinski definition) is 3. The summed E-state index contributed by atoms with van der Waals surface area (Å²) in [6, 6.07) is 16.7. The lowest BCUT2D eigenvalue weighted by Crippen LogP contribution is -2.61. The molecule has 1 unspecified atom stereocenters. The predicted molar refractivity (Wildman–Crippen MR) is 221 cm³/mol. The minimum atomic E-state index is -4.80. The number of halogens is 3. The minimum absolute atomic E-state index is 0.0151. The van der Waals surface area contributed by atoms with Crippen LogP contribution in [-0.4, -0.2) is 95.0 Å². The molecule has 3 fully saturated rings. The molecule has 6 rings (SSSR count). The number of carbonyl (C=O) groups excluding carboxylic acids is 4. The number of thiocarbonyl (C=S) groups is 1. The second kappa shape index (κ2) is 17.0. The first kappa shape index (κ1) is 43.0. The number of imide groups is 1. The first-order chi connectivity index (χ1) is 27.8. The van der Waals surface area contributed by atoms with Crippen molar-refractivity contribution < 1.29 is 37.1 Å². The number of carbonyl (C=O) groups is 4. The van der Waals surface area contributed by atoms with Gasteiger partial charge in [0.1, 0.15) is 23.9 Å². The van der Waals surface area contributed by atoms with E-state index >= 15 is 0 Å². The van der Waals surface area contributed by atoms with Crippen LogP contribution in [0.4, 0.5) is 35.9 Å². The zero-order valence-electron chi connectivity index (χ0n) is 33.5. The molecule has 3 aromatic rings. The van der Waals surface area contributed by atoms with E-state index in [1.807, 2.05) is 19.1 Å². The van der Waals surface area contributed by atoms with Gasteiger partial charge in [0, 0.05) is 55.2 Å². The van der Waals surface area contributed by atoms with Crippen molar-refractivity contribution in [1.82, 2.24) is 15.1 Å². The fraction of sp³-hybridized carbons (Fsp3) is 0.429. The van der Waals surface area contributed by atoms with Gasteiger partial charge in [-0.2, -0.15) is 18.4 Å². The molecule has 17 heteroatoms. The Morgan fingerprint density at radius 2 is 1.75 bits per heavy atom. The molecule has 0 spiro atoms. The number of anilines is 4. The van der Waals surface area contributed by atoms with Gasteiger partial charge in [0.05, 0.1) is 29.4 Å². The number of amides is 4. The van der Waals surface area contributed by atoms with Gasteiger partial charge in [-0.05, 0) is 113 Å². The third-order valence-corrected chi connectivity index (χ3v) is 11.3. The number of piperazine rings is 1. The zero-order chi connectivity index (χ0) is 42.9. The molecule has 3 aliphatic heterocycles. The quantitative estimate of drug-likeness (QED) is 0.153. The van der Waals surface area contributed by atoms with Crippen LogP contribution >= 0.6 is 12.2 Å². The minimum Gasteiger partial charge on any atom is -0.492 e. The Bertz CT molecular complexity index is 2210. The molecule has 3 saturated heterocycles. The number of nitriles is 1. The lowest BCUT2D eigenvalue weighted by Gasteiger charge is -2.46. The summed E-state index contributed by atoms with van der Waals surface area (Å²) in [6.45, 7) is 12.8.